The molecule has 0 fully saturated rings. The highest BCUT2D eigenvalue weighted by Gasteiger charge is 2.14. The third-order valence-electron chi connectivity index (χ3n) is 1.95. The molecule has 0 aromatic rings. The van der Waals surface area contributed by atoms with Crippen LogP contribution in [0.5, 0.6) is 0 Å². The second-order valence-corrected chi connectivity index (χ2v) is 8.18. The fourth-order valence-corrected chi connectivity index (χ4v) is 2.32. The third-order valence-corrected chi connectivity index (χ3v) is 3.52. The standard InChI is InChI=1S/C10H22OSi/c1-4-5-6-7-8-9-10-12(2,3)11/h4,11H,1,5-10H2,2-3H3. The van der Waals surface area contributed by atoms with Crippen molar-refractivity contribution in [3.05, 3.63) is 12.7 Å². The molecule has 1 nitrogen and oxygen atoms in total. The molecule has 0 heterocycles. The number of rotatable bonds is 7. The fraction of sp³-hybridized carbons (Fsp3) is 0.800. The average molecular weight is 186 g/mol. The highest BCUT2D eigenvalue weighted by atomic mass is 28.4. The van der Waals surface area contributed by atoms with Gasteiger partial charge in [-0.15, -0.1) is 6.58 Å². The Balaban J connectivity index is 3.06. The van der Waals surface area contributed by atoms with E-state index >= 15 is 0 Å². The van der Waals surface area contributed by atoms with Gasteiger partial charge in [-0.05, 0) is 32.0 Å². The van der Waals surface area contributed by atoms with Crippen LogP contribution in [0.3, 0.4) is 0 Å². The van der Waals surface area contributed by atoms with Gasteiger partial charge in [-0.25, -0.2) is 0 Å². The monoisotopic (exact) mass is 186 g/mol. The van der Waals surface area contributed by atoms with Crippen molar-refractivity contribution in [1.29, 1.82) is 0 Å². The molecule has 0 atom stereocenters. The van der Waals surface area contributed by atoms with E-state index in [-0.39, 0.29) is 0 Å². The number of hydrogen-bond acceptors (Lipinski definition) is 1. The summed E-state index contributed by atoms with van der Waals surface area (Å²) in [4.78, 5) is 9.54. The summed E-state index contributed by atoms with van der Waals surface area (Å²) < 4.78 is 0. The van der Waals surface area contributed by atoms with E-state index < -0.39 is 8.32 Å². The summed E-state index contributed by atoms with van der Waals surface area (Å²) in [5.74, 6) is 0. The maximum absolute atomic E-state index is 9.54. The van der Waals surface area contributed by atoms with E-state index in [1.165, 1.54) is 25.7 Å². The SMILES string of the molecule is C=CCCCCCC[Si](C)(C)O. The lowest BCUT2D eigenvalue weighted by atomic mass is 10.1. The number of unbranched alkanes of at least 4 members (excludes halogenated alkanes) is 4. The van der Waals surface area contributed by atoms with Crippen molar-refractivity contribution in [3.63, 3.8) is 0 Å². The zero-order valence-corrected chi connectivity index (χ0v) is 9.47. The fourth-order valence-electron chi connectivity index (χ4n) is 1.20. The Morgan fingerprint density at radius 3 is 2.25 bits per heavy atom. The Hall–Kier alpha value is -0.0831. The first-order valence-electron chi connectivity index (χ1n) is 4.89. The van der Waals surface area contributed by atoms with Gasteiger partial charge in [0, 0.05) is 0 Å². The van der Waals surface area contributed by atoms with E-state index in [1.54, 1.807) is 0 Å². The molecule has 0 saturated heterocycles. The first-order chi connectivity index (χ1) is 5.56. The first-order valence-corrected chi connectivity index (χ1v) is 8.05. The van der Waals surface area contributed by atoms with Crippen LogP contribution in [0.2, 0.25) is 19.1 Å². The molecule has 0 aromatic carbocycles. The van der Waals surface area contributed by atoms with Crippen molar-refractivity contribution in [2.75, 3.05) is 0 Å². The molecule has 0 aliphatic rings. The van der Waals surface area contributed by atoms with Gasteiger partial charge in [-0.2, -0.15) is 0 Å². The molecule has 0 rings (SSSR count). The van der Waals surface area contributed by atoms with Crippen LogP contribution in [-0.2, 0) is 0 Å². The molecular weight excluding hydrogens is 164 g/mol. The lowest BCUT2D eigenvalue weighted by molar-refractivity contribution is 0.538. The van der Waals surface area contributed by atoms with Crippen LogP contribution in [0.1, 0.15) is 32.1 Å². The van der Waals surface area contributed by atoms with Gasteiger partial charge in [0.15, 0.2) is 8.32 Å². The van der Waals surface area contributed by atoms with Gasteiger partial charge in [0.25, 0.3) is 0 Å². The molecule has 0 spiro atoms. The number of hydrogen-bond donors (Lipinski definition) is 1. The smallest absolute Gasteiger partial charge is 0.182 e. The molecule has 0 aliphatic heterocycles. The minimum atomic E-state index is -1.75. The van der Waals surface area contributed by atoms with Crippen LogP contribution < -0.4 is 0 Å². The Morgan fingerprint density at radius 1 is 1.17 bits per heavy atom. The first kappa shape index (κ1) is 11.9. The zero-order valence-electron chi connectivity index (χ0n) is 8.47. The van der Waals surface area contributed by atoms with Crippen LogP contribution in [-0.4, -0.2) is 13.1 Å². The van der Waals surface area contributed by atoms with E-state index in [2.05, 4.69) is 6.58 Å². The van der Waals surface area contributed by atoms with E-state index in [0.717, 1.165) is 12.5 Å². The van der Waals surface area contributed by atoms with Gasteiger partial charge < -0.3 is 4.80 Å². The normalized spacial score (nSPS) is 11.6. The zero-order chi connectivity index (χ0) is 9.45. The quantitative estimate of drug-likeness (QED) is 0.367. The molecule has 0 unspecified atom stereocenters. The van der Waals surface area contributed by atoms with Crippen LogP contribution in [0.4, 0.5) is 0 Å². The van der Waals surface area contributed by atoms with Gasteiger partial charge >= 0.3 is 0 Å². The Kier molecular flexibility index (Phi) is 6.39. The lowest BCUT2D eigenvalue weighted by Crippen LogP contribution is -2.23. The largest absolute Gasteiger partial charge is 0.432 e. The summed E-state index contributed by atoms with van der Waals surface area (Å²) in [6.45, 7) is 7.71. The molecule has 0 saturated carbocycles. The molecule has 2 heteroatoms. The molecule has 0 radical (unpaired) electrons. The Bertz CT molecular complexity index is 115. The van der Waals surface area contributed by atoms with Gasteiger partial charge in [0.1, 0.15) is 0 Å². The van der Waals surface area contributed by atoms with Crippen molar-refractivity contribution >= 4 is 8.32 Å². The maximum atomic E-state index is 9.54. The Morgan fingerprint density at radius 2 is 1.75 bits per heavy atom. The van der Waals surface area contributed by atoms with E-state index in [0.29, 0.717) is 0 Å². The summed E-state index contributed by atoms with van der Waals surface area (Å²) in [5, 5.41) is 0. The van der Waals surface area contributed by atoms with Crippen molar-refractivity contribution in [1.82, 2.24) is 0 Å². The maximum Gasteiger partial charge on any atom is 0.182 e. The van der Waals surface area contributed by atoms with Gasteiger partial charge in [-0.1, -0.05) is 25.3 Å². The highest BCUT2D eigenvalue weighted by molar-refractivity contribution is 6.69. The predicted octanol–water partition coefficient (Wildman–Crippen LogP) is 3.32. The van der Waals surface area contributed by atoms with Gasteiger partial charge in [0.2, 0.25) is 0 Å². The molecule has 0 aliphatic carbocycles. The molecule has 12 heavy (non-hydrogen) atoms. The molecule has 72 valence electrons. The van der Waals surface area contributed by atoms with Crippen molar-refractivity contribution < 1.29 is 4.80 Å². The van der Waals surface area contributed by atoms with E-state index in [1.807, 2.05) is 19.2 Å². The number of allylic oxidation sites excluding steroid dienone is 1. The topological polar surface area (TPSA) is 20.2 Å². The van der Waals surface area contributed by atoms with E-state index in [9.17, 15) is 4.80 Å². The molecule has 0 amide bonds. The van der Waals surface area contributed by atoms with Crippen LogP contribution in [0.15, 0.2) is 12.7 Å². The van der Waals surface area contributed by atoms with Gasteiger partial charge in [-0.3, -0.25) is 0 Å². The second kappa shape index (κ2) is 6.43. The summed E-state index contributed by atoms with van der Waals surface area (Å²) in [6, 6.07) is 1.06. The molecular formula is C10H22OSi. The summed E-state index contributed by atoms with van der Waals surface area (Å²) >= 11 is 0. The average Bonchev–Trinajstić information content (AvgIpc) is 1.94. The summed E-state index contributed by atoms with van der Waals surface area (Å²) in [6.07, 6.45) is 8.13. The molecule has 0 aromatic heterocycles. The van der Waals surface area contributed by atoms with Crippen LogP contribution >= 0.6 is 0 Å². The second-order valence-electron chi connectivity index (χ2n) is 4.05. The van der Waals surface area contributed by atoms with Crippen LogP contribution in [0, 0.1) is 0 Å². The lowest BCUT2D eigenvalue weighted by Gasteiger charge is -2.12. The van der Waals surface area contributed by atoms with Gasteiger partial charge in [0.05, 0.1) is 0 Å². The van der Waals surface area contributed by atoms with Crippen molar-refractivity contribution in [3.8, 4) is 0 Å². The Labute approximate surface area is 77.6 Å². The van der Waals surface area contributed by atoms with Crippen LogP contribution in [0.25, 0.3) is 0 Å². The minimum absolute atomic E-state index is 1.06. The summed E-state index contributed by atoms with van der Waals surface area (Å²) in [7, 11) is -1.75. The summed E-state index contributed by atoms with van der Waals surface area (Å²) in [5.41, 5.74) is 0. The van der Waals surface area contributed by atoms with Crippen molar-refractivity contribution in [2.24, 2.45) is 0 Å². The minimum Gasteiger partial charge on any atom is -0.432 e. The van der Waals surface area contributed by atoms with E-state index in [4.69, 9.17) is 0 Å². The predicted molar refractivity (Wildman–Crippen MR) is 57.8 cm³/mol. The highest BCUT2D eigenvalue weighted by Crippen LogP contribution is 2.12. The molecule has 1 N–H and O–H groups in total. The third kappa shape index (κ3) is 9.92. The molecule has 0 bridgehead atoms. The van der Waals surface area contributed by atoms with Crippen molar-refractivity contribution in [2.45, 2.75) is 51.2 Å².